The third kappa shape index (κ3) is 15.3. The molecule has 0 aliphatic heterocycles. The Balaban J connectivity index is 0.000000145. The molecule has 9 aromatic heterocycles. The van der Waals surface area contributed by atoms with Crippen LogP contribution in [-0.4, -0.2) is 97.0 Å². The number of fused-ring (bicyclic) bond motifs is 6. The van der Waals surface area contributed by atoms with Gasteiger partial charge in [0.05, 0.1) is 69.4 Å². The SMILES string of the molecule is C.C.C.CS(=O)(=O)OCCn1cc(-c2ccc3ncccc3c2)c(=O)n2nc(-c3ccccc3)c(-c3ccccc3)c12.NCCn1cc(-c2ccc3ncccc3c2)c(=O)n2nc(-c3ccccc3)c(-c3ccccc3)c12.O=c1c(-c2ccc3ncccc3c2)cn(CCO)c2c(-c3ccccc3)c(-c3ccccc3)nn12. The van der Waals surface area contributed by atoms with Crippen LogP contribution in [0.1, 0.15) is 22.3 Å². The van der Waals surface area contributed by atoms with Gasteiger partial charge < -0.3 is 24.5 Å². The van der Waals surface area contributed by atoms with Crippen molar-refractivity contribution in [2.24, 2.45) is 5.73 Å². The van der Waals surface area contributed by atoms with Gasteiger partial charge in [-0.05, 0) is 88.0 Å². The van der Waals surface area contributed by atoms with Crippen molar-refractivity contribution in [3.8, 4) is 101 Å². The summed E-state index contributed by atoms with van der Waals surface area (Å²) < 4.78 is 38.8. The highest BCUT2D eigenvalue weighted by molar-refractivity contribution is 7.86. The topological polar surface area (TPSA) is 246 Å². The Hall–Kier alpha value is -13.7. The quantitative estimate of drug-likeness (QED) is 0.0805. The molecule has 20 nitrogen and oxygen atoms in total. The number of benzene rings is 9. The van der Waals surface area contributed by atoms with Crippen molar-refractivity contribution >= 4 is 59.8 Å². The lowest BCUT2D eigenvalue weighted by atomic mass is 10.0. The first-order valence-electron chi connectivity index (χ1n) is 35.4. The van der Waals surface area contributed by atoms with Crippen LogP contribution in [0, 0.1) is 0 Å². The maximum atomic E-state index is 14.0. The summed E-state index contributed by atoms with van der Waals surface area (Å²) in [7, 11) is -3.65. The molecule has 0 aliphatic rings. The van der Waals surface area contributed by atoms with Gasteiger partial charge in [-0.2, -0.15) is 37.3 Å². The molecule has 0 radical (unpaired) electrons. The molecule has 18 aromatic rings. The Morgan fingerprint density at radius 2 is 0.643 bits per heavy atom. The van der Waals surface area contributed by atoms with E-state index in [-0.39, 0.29) is 58.7 Å². The van der Waals surface area contributed by atoms with E-state index in [1.807, 2.05) is 299 Å². The number of nitrogens with two attached hydrogens (primary N) is 1. The zero-order chi connectivity index (χ0) is 74.5. The molecule has 0 saturated carbocycles. The molecule has 0 amide bonds. The predicted octanol–water partition coefficient (Wildman–Crippen LogP) is 17.0. The molecular weight excluding hydrogens is 1420 g/mol. The third-order valence-electron chi connectivity index (χ3n) is 18.9. The standard InChI is InChI=1S/C30H24N4O4S.C29H23N5O.C29H22N4O2.3CH4/c1-39(36,37)38-18-17-33-20-25(23-14-15-26-24(19-23)13-8-16-31-26)30(35)34-29(33)27(21-9-4-2-5-10-21)28(32-34)22-11-6-3-7-12-22;30-15-17-33-19-24(22-13-14-25-23(18-22)12-7-16-31-25)29(35)34-28(33)26(20-8-3-1-4-9-20)27(32-34)21-10-5-2-6-11-21;34-17-16-32-19-24(22-13-14-25-23(18-22)12-7-15-30-25)29(35)33-28(32)26(20-8-3-1-4-9-20)27(31-33)21-10-5-2-6-11-21;;;/h2-16,19-20H,17-18H2,1H3;1-14,16,18-19H,15,17,30H2;1-15,18-19,34H,16-17H2;3*1H4. The number of aliphatic hydroxyl groups is 1. The van der Waals surface area contributed by atoms with E-state index < -0.39 is 10.1 Å². The molecule has 9 heterocycles. The van der Waals surface area contributed by atoms with Gasteiger partial charge in [0.25, 0.3) is 26.8 Å². The minimum Gasteiger partial charge on any atom is -0.395 e. The van der Waals surface area contributed by atoms with Crippen molar-refractivity contribution in [1.29, 1.82) is 0 Å². The molecule has 9 aromatic carbocycles. The molecule has 0 bridgehead atoms. The van der Waals surface area contributed by atoms with Gasteiger partial charge in [0, 0.05) is 96.2 Å². The summed E-state index contributed by atoms with van der Waals surface area (Å²) in [6.07, 6.45) is 11.8. The number of nitrogens with zero attached hydrogens (tertiary/aromatic N) is 12. The molecule has 18 rings (SSSR count). The van der Waals surface area contributed by atoms with Crippen LogP contribution >= 0.6 is 0 Å². The first kappa shape index (κ1) is 76.5. The molecule has 21 heteroatoms. The molecule has 0 saturated heterocycles. The minimum absolute atomic E-state index is 0. The molecular formula is C91H81N13O7S. The molecule has 0 fully saturated rings. The third-order valence-corrected chi connectivity index (χ3v) is 19.5. The van der Waals surface area contributed by atoms with E-state index in [1.165, 1.54) is 13.5 Å². The van der Waals surface area contributed by atoms with Crippen LogP contribution in [0.3, 0.4) is 0 Å². The van der Waals surface area contributed by atoms with Gasteiger partial charge in [-0.15, -0.1) is 0 Å². The van der Waals surface area contributed by atoms with E-state index in [2.05, 4.69) is 15.0 Å². The molecule has 0 aliphatic carbocycles. The van der Waals surface area contributed by atoms with Crippen molar-refractivity contribution in [3.63, 3.8) is 0 Å². The summed E-state index contributed by atoms with van der Waals surface area (Å²) in [5.41, 5.74) is 23.9. The normalized spacial score (nSPS) is 11.2. The number of hydrogen-bond donors (Lipinski definition) is 2. The summed E-state index contributed by atoms with van der Waals surface area (Å²) in [5, 5.41) is 27.3. The predicted molar refractivity (Wildman–Crippen MR) is 450 cm³/mol. The van der Waals surface area contributed by atoms with E-state index >= 15 is 0 Å². The number of rotatable bonds is 17. The number of pyridine rings is 3. The summed E-state index contributed by atoms with van der Waals surface area (Å²) >= 11 is 0. The smallest absolute Gasteiger partial charge is 0.282 e. The zero-order valence-electron chi connectivity index (χ0n) is 58.9. The van der Waals surface area contributed by atoms with E-state index in [0.717, 1.165) is 117 Å². The van der Waals surface area contributed by atoms with Crippen molar-refractivity contribution in [2.45, 2.75) is 41.9 Å². The fraction of sp³-hybridized carbons (Fsp3) is 0.110. The summed E-state index contributed by atoms with van der Waals surface area (Å²) in [4.78, 5) is 54.9. The van der Waals surface area contributed by atoms with Gasteiger partial charge in [0.15, 0.2) is 0 Å². The largest absolute Gasteiger partial charge is 0.395 e. The molecule has 112 heavy (non-hydrogen) atoms. The Bertz CT molecular complexity index is 6450. The highest BCUT2D eigenvalue weighted by atomic mass is 32.2. The number of aromatic nitrogens is 12. The second-order valence-electron chi connectivity index (χ2n) is 26.0. The van der Waals surface area contributed by atoms with Gasteiger partial charge in [0.1, 0.15) is 34.0 Å². The van der Waals surface area contributed by atoms with Crippen molar-refractivity contribution in [1.82, 2.24) is 57.5 Å². The highest BCUT2D eigenvalue weighted by Crippen LogP contribution is 2.40. The number of aliphatic hydroxyl groups excluding tert-OH is 1. The van der Waals surface area contributed by atoms with Crippen LogP contribution in [0.15, 0.2) is 325 Å². The lowest BCUT2D eigenvalue weighted by Gasteiger charge is -2.14. The van der Waals surface area contributed by atoms with Gasteiger partial charge >= 0.3 is 0 Å². The lowest BCUT2D eigenvalue weighted by molar-refractivity contribution is 0.277. The van der Waals surface area contributed by atoms with Crippen LogP contribution in [0.4, 0.5) is 0 Å². The van der Waals surface area contributed by atoms with Crippen molar-refractivity contribution < 1.29 is 17.7 Å². The van der Waals surface area contributed by atoms with Crippen LogP contribution in [0.2, 0.25) is 0 Å². The van der Waals surface area contributed by atoms with E-state index in [1.54, 1.807) is 24.8 Å². The van der Waals surface area contributed by atoms with E-state index in [9.17, 15) is 27.9 Å². The zero-order valence-corrected chi connectivity index (χ0v) is 59.8. The Kier molecular flexibility index (Phi) is 22.8. The number of hydrogen-bond acceptors (Lipinski definition) is 14. The maximum absolute atomic E-state index is 14.0. The average molecular weight is 1500 g/mol. The molecule has 0 atom stereocenters. The molecule has 0 spiro atoms. The fourth-order valence-electron chi connectivity index (χ4n) is 14.0. The van der Waals surface area contributed by atoms with Crippen LogP contribution < -0.4 is 22.4 Å². The first-order valence-corrected chi connectivity index (χ1v) is 37.2. The summed E-state index contributed by atoms with van der Waals surface area (Å²) in [6, 6.07) is 88.1. The molecule has 558 valence electrons. The Morgan fingerprint density at radius 3 is 0.929 bits per heavy atom. The van der Waals surface area contributed by atoms with Crippen LogP contribution in [0.25, 0.3) is 150 Å². The van der Waals surface area contributed by atoms with Gasteiger partial charge in [-0.3, -0.25) is 33.5 Å². The van der Waals surface area contributed by atoms with Gasteiger partial charge in [-0.25, -0.2) is 0 Å². The lowest BCUT2D eigenvalue weighted by Crippen LogP contribution is -2.22. The van der Waals surface area contributed by atoms with Crippen LogP contribution in [-0.2, 0) is 33.9 Å². The first-order chi connectivity index (χ1) is 53.4. The van der Waals surface area contributed by atoms with E-state index in [4.69, 9.17) is 25.2 Å². The minimum atomic E-state index is -3.65. The average Bonchev–Trinajstić information content (AvgIpc) is 1.58. The fourth-order valence-corrected chi connectivity index (χ4v) is 14.4. The summed E-state index contributed by atoms with van der Waals surface area (Å²) in [6.45, 7) is 1.31. The molecule has 0 unspecified atom stereocenters. The van der Waals surface area contributed by atoms with Crippen LogP contribution in [0.5, 0.6) is 0 Å². The van der Waals surface area contributed by atoms with E-state index in [0.29, 0.717) is 58.9 Å². The Morgan fingerprint density at radius 1 is 0.357 bits per heavy atom. The monoisotopic (exact) mass is 1500 g/mol. The van der Waals surface area contributed by atoms with Crippen molar-refractivity contribution in [2.75, 3.05) is 26.0 Å². The Labute approximate surface area is 646 Å². The second-order valence-corrected chi connectivity index (χ2v) is 27.6. The molecule has 3 N–H and O–H groups in total. The second kappa shape index (κ2) is 33.4. The summed E-state index contributed by atoms with van der Waals surface area (Å²) in [5.74, 6) is 0. The van der Waals surface area contributed by atoms with Crippen molar-refractivity contribution in [3.05, 3.63) is 341 Å². The maximum Gasteiger partial charge on any atom is 0.282 e. The highest BCUT2D eigenvalue weighted by Gasteiger charge is 2.27. The van der Waals surface area contributed by atoms with Gasteiger partial charge in [-0.1, -0.05) is 241 Å². The van der Waals surface area contributed by atoms with Gasteiger partial charge in [0.2, 0.25) is 0 Å².